The van der Waals surface area contributed by atoms with Crippen molar-refractivity contribution in [1.82, 2.24) is 0 Å². The number of benzene rings is 1. The predicted molar refractivity (Wildman–Crippen MR) is 67.4 cm³/mol. The second kappa shape index (κ2) is 4.52. The van der Waals surface area contributed by atoms with E-state index in [2.05, 4.69) is 0 Å². The lowest BCUT2D eigenvalue weighted by Gasteiger charge is -2.20. The van der Waals surface area contributed by atoms with Crippen LogP contribution < -0.4 is 9.47 Å². The molecule has 4 heteroatoms. The molecule has 0 bridgehead atoms. The minimum atomic E-state index is -0.768. The Morgan fingerprint density at radius 3 is 2.44 bits per heavy atom. The summed E-state index contributed by atoms with van der Waals surface area (Å²) in [4.78, 5) is 11.0. The van der Waals surface area contributed by atoms with E-state index in [1.807, 2.05) is 19.1 Å². The highest BCUT2D eigenvalue weighted by Crippen LogP contribution is 2.55. The highest BCUT2D eigenvalue weighted by Gasteiger charge is 2.48. The summed E-state index contributed by atoms with van der Waals surface area (Å²) in [6.07, 6.45) is 1.93. The number of ether oxygens (including phenoxy) is 2. The summed E-state index contributed by atoms with van der Waals surface area (Å²) in [5, 5.41) is 9.04. The van der Waals surface area contributed by atoms with Crippen molar-refractivity contribution in [3.63, 3.8) is 0 Å². The van der Waals surface area contributed by atoms with E-state index in [0.29, 0.717) is 11.5 Å². The number of methoxy groups -OCH3 is 2. The minimum absolute atomic E-state index is 0.149. The second-order valence-electron chi connectivity index (χ2n) is 4.90. The fraction of sp³-hybridized carbons (Fsp3) is 0.500. The van der Waals surface area contributed by atoms with Crippen LogP contribution >= 0.6 is 0 Å². The van der Waals surface area contributed by atoms with Gasteiger partial charge in [0.25, 0.3) is 0 Å². The van der Waals surface area contributed by atoms with Crippen LogP contribution in [0.4, 0.5) is 0 Å². The maximum Gasteiger partial charge on any atom is 0.304 e. The monoisotopic (exact) mass is 250 g/mol. The molecule has 0 atom stereocenters. The molecule has 1 aliphatic carbocycles. The van der Waals surface area contributed by atoms with Gasteiger partial charge in [0.05, 0.1) is 20.6 Å². The van der Waals surface area contributed by atoms with Gasteiger partial charge in [-0.1, -0.05) is 6.07 Å². The van der Waals surface area contributed by atoms with Gasteiger partial charge in [0.2, 0.25) is 0 Å². The zero-order valence-electron chi connectivity index (χ0n) is 10.9. The number of carboxylic acid groups (broad SMARTS) is 1. The van der Waals surface area contributed by atoms with Crippen molar-refractivity contribution in [2.24, 2.45) is 0 Å². The number of rotatable bonds is 5. The van der Waals surface area contributed by atoms with Gasteiger partial charge in [0.15, 0.2) is 11.5 Å². The molecule has 0 aliphatic heterocycles. The highest BCUT2D eigenvalue weighted by molar-refractivity contribution is 5.71. The molecule has 18 heavy (non-hydrogen) atoms. The summed E-state index contributed by atoms with van der Waals surface area (Å²) in [5.41, 5.74) is 1.75. The first kappa shape index (κ1) is 12.7. The van der Waals surface area contributed by atoms with E-state index in [0.717, 1.165) is 24.0 Å². The molecule has 4 nitrogen and oxygen atoms in total. The topological polar surface area (TPSA) is 55.8 Å². The number of hydrogen-bond donors (Lipinski definition) is 1. The van der Waals surface area contributed by atoms with E-state index < -0.39 is 5.97 Å². The predicted octanol–water partition coefficient (Wildman–Crippen LogP) is 2.52. The Labute approximate surface area is 107 Å². The van der Waals surface area contributed by atoms with Crippen molar-refractivity contribution in [3.8, 4) is 11.5 Å². The van der Waals surface area contributed by atoms with Gasteiger partial charge in [0, 0.05) is 11.0 Å². The lowest BCUT2D eigenvalue weighted by atomic mass is 9.90. The number of carboxylic acids is 1. The van der Waals surface area contributed by atoms with Crippen molar-refractivity contribution in [1.29, 1.82) is 0 Å². The van der Waals surface area contributed by atoms with Crippen LogP contribution in [-0.2, 0) is 10.2 Å². The van der Waals surface area contributed by atoms with Gasteiger partial charge in [0.1, 0.15) is 0 Å². The standard InChI is InChI=1S/C14H18O4/c1-9-6-10(13(18-3)11(7-9)17-2)14(4-5-14)8-12(15)16/h6-7H,4-5,8H2,1-3H3,(H,15,16). The van der Waals surface area contributed by atoms with Crippen LogP contribution in [0, 0.1) is 6.92 Å². The third kappa shape index (κ3) is 2.15. The molecule has 0 aromatic heterocycles. The average molecular weight is 250 g/mol. The van der Waals surface area contributed by atoms with E-state index in [4.69, 9.17) is 14.6 Å². The van der Waals surface area contributed by atoms with Gasteiger partial charge in [-0.25, -0.2) is 0 Å². The highest BCUT2D eigenvalue weighted by atomic mass is 16.5. The van der Waals surface area contributed by atoms with Gasteiger partial charge in [-0.2, -0.15) is 0 Å². The number of hydrogen-bond acceptors (Lipinski definition) is 3. The van der Waals surface area contributed by atoms with Gasteiger partial charge in [-0.15, -0.1) is 0 Å². The van der Waals surface area contributed by atoms with Crippen molar-refractivity contribution in [2.75, 3.05) is 14.2 Å². The minimum Gasteiger partial charge on any atom is -0.493 e. The summed E-state index contributed by atoms with van der Waals surface area (Å²) >= 11 is 0. The second-order valence-corrected chi connectivity index (χ2v) is 4.90. The quantitative estimate of drug-likeness (QED) is 0.872. The van der Waals surface area contributed by atoms with Gasteiger partial charge < -0.3 is 14.6 Å². The Kier molecular flexibility index (Phi) is 3.20. The van der Waals surface area contributed by atoms with Gasteiger partial charge >= 0.3 is 5.97 Å². The Bertz CT molecular complexity index is 475. The lowest BCUT2D eigenvalue weighted by Crippen LogP contribution is -2.14. The molecule has 98 valence electrons. The van der Waals surface area contributed by atoms with Crippen LogP contribution in [0.1, 0.15) is 30.4 Å². The first-order chi connectivity index (χ1) is 8.52. The lowest BCUT2D eigenvalue weighted by molar-refractivity contribution is -0.137. The van der Waals surface area contributed by atoms with Crippen LogP contribution in [-0.4, -0.2) is 25.3 Å². The van der Waals surface area contributed by atoms with Crippen LogP contribution in [0.25, 0.3) is 0 Å². The molecular formula is C14H18O4. The summed E-state index contributed by atoms with van der Waals surface area (Å²) in [7, 11) is 3.19. The van der Waals surface area contributed by atoms with Crippen LogP contribution in [0.3, 0.4) is 0 Å². The third-order valence-electron chi connectivity index (χ3n) is 3.54. The van der Waals surface area contributed by atoms with Crippen molar-refractivity contribution < 1.29 is 19.4 Å². The van der Waals surface area contributed by atoms with Crippen LogP contribution in [0.5, 0.6) is 11.5 Å². The summed E-state index contributed by atoms with van der Waals surface area (Å²) < 4.78 is 10.7. The Hall–Kier alpha value is -1.71. The van der Waals surface area contributed by atoms with Gasteiger partial charge in [-0.05, 0) is 31.4 Å². The maximum atomic E-state index is 11.0. The molecule has 1 aromatic rings. The van der Waals surface area contributed by atoms with Crippen molar-refractivity contribution >= 4 is 5.97 Å². The number of aryl methyl sites for hydroxylation is 1. The Balaban J connectivity index is 2.49. The van der Waals surface area contributed by atoms with E-state index >= 15 is 0 Å². The summed E-state index contributed by atoms with van der Waals surface area (Å²) in [5.74, 6) is 0.570. The average Bonchev–Trinajstić information content (AvgIpc) is 3.07. The third-order valence-corrected chi connectivity index (χ3v) is 3.54. The first-order valence-corrected chi connectivity index (χ1v) is 5.97. The summed E-state index contributed by atoms with van der Waals surface area (Å²) in [6.45, 7) is 1.97. The molecule has 2 rings (SSSR count). The Morgan fingerprint density at radius 2 is 2.00 bits per heavy atom. The number of carbonyl (C=O) groups is 1. The largest absolute Gasteiger partial charge is 0.493 e. The molecule has 0 heterocycles. The SMILES string of the molecule is COc1cc(C)cc(C2(CC(=O)O)CC2)c1OC. The molecule has 1 N–H and O–H groups in total. The molecule has 0 amide bonds. The molecule has 1 aliphatic rings. The van der Waals surface area contributed by atoms with Crippen molar-refractivity contribution in [3.05, 3.63) is 23.3 Å². The van der Waals surface area contributed by atoms with E-state index in [-0.39, 0.29) is 11.8 Å². The van der Waals surface area contributed by atoms with Crippen LogP contribution in [0.15, 0.2) is 12.1 Å². The van der Waals surface area contributed by atoms with Crippen molar-refractivity contribution in [2.45, 2.75) is 31.6 Å². The molecule has 0 unspecified atom stereocenters. The molecule has 1 fully saturated rings. The first-order valence-electron chi connectivity index (χ1n) is 5.97. The van der Waals surface area contributed by atoms with E-state index in [1.54, 1.807) is 14.2 Å². The molecule has 0 spiro atoms. The normalized spacial score (nSPS) is 16.2. The zero-order chi connectivity index (χ0) is 13.3. The fourth-order valence-corrected chi connectivity index (χ4v) is 2.48. The smallest absolute Gasteiger partial charge is 0.304 e. The Morgan fingerprint density at radius 1 is 1.33 bits per heavy atom. The molecule has 1 aromatic carbocycles. The maximum absolute atomic E-state index is 11.0. The fourth-order valence-electron chi connectivity index (χ4n) is 2.48. The molecular weight excluding hydrogens is 232 g/mol. The molecule has 1 saturated carbocycles. The van der Waals surface area contributed by atoms with E-state index in [1.165, 1.54) is 0 Å². The zero-order valence-corrected chi connectivity index (χ0v) is 10.9. The van der Waals surface area contributed by atoms with Gasteiger partial charge in [-0.3, -0.25) is 4.79 Å². The molecule has 0 saturated heterocycles. The molecule has 0 radical (unpaired) electrons. The van der Waals surface area contributed by atoms with E-state index in [9.17, 15) is 4.79 Å². The summed E-state index contributed by atoms with van der Waals surface area (Å²) in [6, 6.07) is 3.91. The van der Waals surface area contributed by atoms with Crippen LogP contribution in [0.2, 0.25) is 0 Å². The number of aliphatic carboxylic acids is 1.